The molecule has 0 atom stereocenters. The summed E-state index contributed by atoms with van der Waals surface area (Å²) in [6.07, 6.45) is 3.45. The van der Waals surface area contributed by atoms with Crippen molar-refractivity contribution in [2.45, 2.75) is 13.8 Å². The molecule has 0 aliphatic rings. The van der Waals surface area contributed by atoms with E-state index in [1.807, 2.05) is 6.92 Å². The lowest BCUT2D eigenvalue weighted by Crippen LogP contribution is -1.80. The summed E-state index contributed by atoms with van der Waals surface area (Å²) in [5, 5.41) is 12.7. The van der Waals surface area contributed by atoms with Gasteiger partial charge in [0.15, 0.2) is 5.82 Å². The molecule has 0 spiro atoms. The van der Waals surface area contributed by atoms with Crippen molar-refractivity contribution >= 4 is 0 Å². The van der Waals surface area contributed by atoms with E-state index in [9.17, 15) is 0 Å². The first kappa shape index (κ1) is 9.24. The molecular formula is C7H10N6. The van der Waals surface area contributed by atoms with Crippen LogP contribution in [0.5, 0.6) is 0 Å². The molecule has 0 unspecified atom stereocenters. The Kier molecular flexibility index (Phi) is 3.49. The second kappa shape index (κ2) is 4.91. The highest BCUT2D eigenvalue weighted by molar-refractivity contribution is 4.83. The molecule has 0 aliphatic heterocycles. The van der Waals surface area contributed by atoms with Gasteiger partial charge in [-0.05, 0) is 19.9 Å². The topological polar surface area (TPSA) is 80.2 Å². The molecule has 0 fully saturated rings. The molecule has 13 heavy (non-hydrogen) atoms. The Hall–Kier alpha value is -1.85. The third kappa shape index (κ3) is 3.90. The summed E-state index contributed by atoms with van der Waals surface area (Å²) in [5.41, 5.74) is 0. The van der Waals surface area contributed by atoms with E-state index in [4.69, 9.17) is 0 Å². The summed E-state index contributed by atoms with van der Waals surface area (Å²) < 4.78 is 0. The second-order valence-corrected chi connectivity index (χ2v) is 2.26. The first-order chi connectivity index (χ1) is 6.29. The summed E-state index contributed by atoms with van der Waals surface area (Å²) in [5.74, 6) is 1.50. The summed E-state index contributed by atoms with van der Waals surface area (Å²) >= 11 is 0. The summed E-state index contributed by atoms with van der Waals surface area (Å²) in [7, 11) is 0. The standard InChI is InChI=1S/C5H6N2.C2H4N4/c1-5-6-3-2-4-7-5;1-2-3-5-6-4-2/h2-4H,1H3;1H3,(H,3,4,5,6). The molecule has 0 saturated carbocycles. The normalized spacial score (nSPS) is 8.77. The molecule has 0 aliphatic carbocycles. The van der Waals surface area contributed by atoms with Crippen molar-refractivity contribution < 1.29 is 0 Å². The minimum atomic E-state index is 0.676. The van der Waals surface area contributed by atoms with E-state index in [-0.39, 0.29) is 0 Å². The van der Waals surface area contributed by atoms with Crippen LogP contribution in [0.25, 0.3) is 0 Å². The molecule has 2 rings (SSSR count). The van der Waals surface area contributed by atoms with Gasteiger partial charge in [0.2, 0.25) is 0 Å². The van der Waals surface area contributed by atoms with E-state index in [2.05, 4.69) is 30.6 Å². The van der Waals surface area contributed by atoms with E-state index in [1.165, 1.54) is 0 Å². The number of nitrogens with one attached hydrogen (secondary N) is 1. The van der Waals surface area contributed by atoms with Crippen molar-refractivity contribution in [3.05, 3.63) is 30.1 Å². The molecule has 68 valence electrons. The van der Waals surface area contributed by atoms with Gasteiger partial charge in [-0.25, -0.2) is 9.97 Å². The van der Waals surface area contributed by atoms with Gasteiger partial charge in [0.05, 0.1) is 0 Å². The molecule has 2 aromatic rings. The number of tetrazole rings is 1. The van der Waals surface area contributed by atoms with Crippen LogP contribution in [-0.4, -0.2) is 30.6 Å². The Morgan fingerprint density at radius 2 is 1.77 bits per heavy atom. The fourth-order valence-corrected chi connectivity index (χ4v) is 0.585. The average Bonchev–Trinajstić information content (AvgIpc) is 2.58. The first-order valence-electron chi connectivity index (χ1n) is 3.72. The van der Waals surface area contributed by atoms with Gasteiger partial charge in [0.1, 0.15) is 5.82 Å². The van der Waals surface area contributed by atoms with Gasteiger partial charge >= 0.3 is 0 Å². The molecule has 0 radical (unpaired) electrons. The number of hydrogen-bond donors (Lipinski definition) is 1. The third-order valence-corrected chi connectivity index (χ3v) is 1.15. The highest BCUT2D eigenvalue weighted by Crippen LogP contribution is 1.78. The number of H-pyrrole nitrogens is 1. The van der Waals surface area contributed by atoms with Crippen LogP contribution in [0.15, 0.2) is 18.5 Å². The Labute approximate surface area is 75.4 Å². The van der Waals surface area contributed by atoms with Crippen LogP contribution in [0.3, 0.4) is 0 Å². The molecule has 0 bridgehead atoms. The van der Waals surface area contributed by atoms with Gasteiger partial charge in [-0.2, -0.15) is 5.21 Å². The minimum Gasteiger partial charge on any atom is -0.242 e. The van der Waals surface area contributed by atoms with Crippen LogP contribution >= 0.6 is 0 Å². The molecule has 0 amide bonds. The van der Waals surface area contributed by atoms with Gasteiger partial charge in [0.25, 0.3) is 0 Å². The largest absolute Gasteiger partial charge is 0.242 e. The van der Waals surface area contributed by atoms with E-state index < -0.39 is 0 Å². The van der Waals surface area contributed by atoms with E-state index in [0.717, 1.165) is 5.82 Å². The number of aryl methyl sites for hydroxylation is 2. The van der Waals surface area contributed by atoms with Gasteiger partial charge in [-0.3, -0.25) is 0 Å². The lowest BCUT2D eigenvalue weighted by Gasteiger charge is -1.81. The molecule has 2 aromatic heterocycles. The molecular weight excluding hydrogens is 168 g/mol. The first-order valence-corrected chi connectivity index (χ1v) is 3.72. The van der Waals surface area contributed by atoms with Gasteiger partial charge in [0, 0.05) is 12.4 Å². The fraction of sp³-hybridized carbons (Fsp3) is 0.286. The van der Waals surface area contributed by atoms with Crippen LogP contribution in [0, 0.1) is 13.8 Å². The van der Waals surface area contributed by atoms with Crippen molar-refractivity contribution in [3.63, 3.8) is 0 Å². The van der Waals surface area contributed by atoms with E-state index >= 15 is 0 Å². The molecule has 0 saturated heterocycles. The molecule has 2 heterocycles. The third-order valence-electron chi connectivity index (χ3n) is 1.15. The smallest absolute Gasteiger partial charge is 0.171 e. The Morgan fingerprint density at radius 3 is 2.00 bits per heavy atom. The summed E-state index contributed by atoms with van der Waals surface area (Å²) in [6, 6.07) is 1.80. The van der Waals surface area contributed by atoms with Crippen molar-refractivity contribution in [3.8, 4) is 0 Å². The quantitative estimate of drug-likeness (QED) is 0.627. The molecule has 0 aromatic carbocycles. The molecule has 6 nitrogen and oxygen atoms in total. The maximum Gasteiger partial charge on any atom is 0.171 e. The molecule has 6 heteroatoms. The number of nitrogens with zero attached hydrogens (tertiary/aromatic N) is 5. The minimum absolute atomic E-state index is 0.676. The monoisotopic (exact) mass is 178 g/mol. The maximum atomic E-state index is 3.87. The zero-order valence-electron chi connectivity index (χ0n) is 7.47. The van der Waals surface area contributed by atoms with Crippen LogP contribution in [0.1, 0.15) is 11.6 Å². The van der Waals surface area contributed by atoms with Gasteiger partial charge in [-0.1, -0.05) is 5.21 Å². The van der Waals surface area contributed by atoms with Crippen molar-refractivity contribution in [2.75, 3.05) is 0 Å². The van der Waals surface area contributed by atoms with Crippen molar-refractivity contribution in [2.24, 2.45) is 0 Å². The fourth-order valence-electron chi connectivity index (χ4n) is 0.585. The van der Waals surface area contributed by atoms with Crippen LogP contribution in [0.4, 0.5) is 0 Å². The van der Waals surface area contributed by atoms with Crippen molar-refractivity contribution in [1.29, 1.82) is 0 Å². The van der Waals surface area contributed by atoms with Crippen LogP contribution in [-0.2, 0) is 0 Å². The van der Waals surface area contributed by atoms with E-state index in [0.29, 0.717) is 5.82 Å². The highest BCUT2D eigenvalue weighted by Gasteiger charge is 1.78. The number of rotatable bonds is 0. The molecule has 1 N–H and O–H groups in total. The summed E-state index contributed by atoms with van der Waals surface area (Å²) in [4.78, 5) is 7.74. The second-order valence-electron chi connectivity index (χ2n) is 2.26. The number of aromatic amines is 1. The predicted molar refractivity (Wildman–Crippen MR) is 45.7 cm³/mol. The number of hydrogen-bond acceptors (Lipinski definition) is 5. The van der Waals surface area contributed by atoms with Crippen molar-refractivity contribution in [1.82, 2.24) is 30.6 Å². The highest BCUT2D eigenvalue weighted by atomic mass is 15.5. The van der Waals surface area contributed by atoms with Gasteiger partial charge < -0.3 is 0 Å². The Morgan fingerprint density at radius 1 is 1.08 bits per heavy atom. The summed E-state index contributed by atoms with van der Waals surface area (Å²) in [6.45, 7) is 3.63. The lowest BCUT2D eigenvalue weighted by atomic mass is 10.6. The zero-order valence-corrected chi connectivity index (χ0v) is 7.47. The zero-order chi connectivity index (χ0) is 9.52. The lowest BCUT2D eigenvalue weighted by molar-refractivity contribution is 0.881. The predicted octanol–water partition coefficient (Wildman–Crippen LogP) is 0.293. The van der Waals surface area contributed by atoms with Gasteiger partial charge in [-0.15, -0.1) is 10.2 Å². The SMILES string of the molecule is Cc1ncccn1.Cc1nn[nH]n1. The van der Waals surface area contributed by atoms with Crippen LogP contribution < -0.4 is 0 Å². The maximum absolute atomic E-state index is 3.87. The van der Waals surface area contributed by atoms with E-state index in [1.54, 1.807) is 25.4 Å². The number of aromatic nitrogens is 6. The van der Waals surface area contributed by atoms with Crippen LogP contribution in [0.2, 0.25) is 0 Å². The Bertz CT molecular complexity index is 316. The Balaban J connectivity index is 0.000000132. The average molecular weight is 178 g/mol.